The van der Waals surface area contributed by atoms with Crippen LogP contribution in [0.2, 0.25) is 0 Å². The molecule has 10 nitrogen and oxygen atoms in total. The van der Waals surface area contributed by atoms with Gasteiger partial charge in [-0.15, -0.1) is 0 Å². The fraction of sp³-hybridized carbons (Fsp3) is 0.250. The predicted octanol–water partition coefficient (Wildman–Crippen LogP) is 4.09. The highest BCUT2D eigenvalue weighted by Crippen LogP contribution is 2.32. The number of nitrogens with zero attached hydrogens (tertiary/aromatic N) is 3. The van der Waals surface area contributed by atoms with E-state index in [2.05, 4.69) is 22.2 Å². The molecule has 2 aromatic carbocycles. The average molecular weight is 572 g/mol. The lowest BCUT2D eigenvalue weighted by molar-refractivity contribution is -0.119. The Morgan fingerprint density at radius 3 is 2.50 bits per heavy atom. The molecule has 0 fully saturated rings. The lowest BCUT2D eigenvalue weighted by atomic mass is 10.1. The van der Waals surface area contributed by atoms with Gasteiger partial charge in [-0.3, -0.25) is 14.6 Å². The van der Waals surface area contributed by atoms with Crippen LogP contribution in [0.1, 0.15) is 18.2 Å². The number of amides is 2. The van der Waals surface area contributed by atoms with E-state index >= 15 is 0 Å². The number of nitrogens with one attached hydrogen (secondary N) is 2. The number of hydrogen-bond donors (Lipinski definition) is 2. The second-order valence-electron chi connectivity index (χ2n) is 9.21. The number of carbonyl (C=O) groups is 3. The maximum absolute atomic E-state index is 13.4. The molecule has 0 saturated heterocycles. The maximum atomic E-state index is 13.4. The van der Waals surface area contributed by atoms with Gasteiger partial charge >= 0.3 is 0 Å². The van der Waals surface area contributed by atoms with Crippen LogP contribution in [0.25, 0.3) is 0 Å². The first-order valence-electron chi connectivity index (χ1n) is 13.5. The molecule has 42 heavy (non-hydrogen) atoms. The summed E-state index contributed by atoms with van der Waals surface area (Å²) < 4.78 is 10.4. The van der Waals surface area contributed by atoms with Crippen molar-refractivity contribution in [2.75, 3.05) is 48.9 Å². The van der Waals surface area contributed by atoms with E-state index in [0.29, 0.717) is 30.8 Å². The Bertz CT molecular complexity index is 1380. The van der Waals surface area contributed by atoms with E-state index in [0.717, 1.165) is 29.1 Å². The van der Waals surface area contributed by atoms with Crippen molar-refractivity contribution in [2.24, 2.45) is 0 Å². The number of methoxy groups -OCH3 is 1. The molecular weight excluding hydrogens is 534 g/mol. The topological polar surface area (TPSA) is 113 Å². The van der Waals surface area contributed by atoms with Gasteiger partial charge in [-0.05, 0) is 67.4 Å². The number of aromatic nitrogens is 1. The summed E-state index contributed by atoms with van der Waals surface area (Å²) in [7, 11) is 3.54. The van der Waals surface area contributed by atoms with E-state index in [4.69, 9.17) is 9.47 Å². The highest BCUT2D eigenvalue weighted by Gasteiger charge is 2.22. The van der Waals surface area contributed by atoms with Gasteiger partial charge in [0, 0.05) is 32.0 Å². The molecule has 0 spiro atoms. The molecule has 220 valence electrons. The fourth-order valence-corrected chi connectivity index (χ4v) is 4.19. The van der Waals surface area contributed by atoms with Crippen molar-refractivity contribution in [3.05, 3.63) is 103 Å². The lowest BCUT2D eigenvalue weighted by Gasteiger charge is -2.29. The molecule has 0 aliphatic carbocycles. The normalized spacial score (nSPS) is 10.9. The van der Waals surface area contributed by atoms with Crippen LogP contribution in [0, 0.1) is 0 Å². The molecule has 0 aliphatic heterocycles. The first-order valence-corrected chi connectivity index (χ1v) is 13.5. The minimum absolute atomic E-state index is 0.0219. The van der Waals surface area contributed by atoms with E-state index in [9.17, 15) is 14.4 Å². The molecular formula is C32H37N5O5. The lowest BCUT2D eigenvalue weighted by Crippen LogP contribution is -2.40. The van der Waals surface area contributed by atoms with Crippen LogP contribution in [0.3, 0.4) is 0 Å². The van der Waals surface area contributed by atoms with Gasteiger partial charge in [-0.2, -0.15) is 0 Å². The van der Waals surface area contributed by atoms with Crippen LogP contribution >= 0.6 is 0 Å². The molecule has 3 aromatic rings. The monoisotopic (exact) mass is 571 g/mol. The number of anilines is 3. The van der Waals surface area contributed by atoms with Gasteiger partial charge in [0.2, 0.25) is 5.91 Å². The van der Waals surface area contributed by atoms with Crippen LogP contribution in [-0.4, -0.2) is 56.9 Å². The summed E-state index contributed by atoms with van der Waals surface area (Å²) >= 11 is 0. The molecule has 0 unspecified atom stereocenters. The Labute approximate surface area is 246 Å². The largest absolute Gasteiger partial charge is 0.497 e. The maximum Gasteiger partial charge on any atom is 0.290 e. The zero-order chi connectivity index (χ0) is 30.3. The number of rotatable bonds is 16. The molecule has 2 amide bonds. The summed E-state index contributed by atoms with van der Waals surface area (Å²) in [6, 6.07) is 18.6. The SMILES string of the molecule is C=CO/C(=C\C)C(=O)Nc1ccc(N(C)CCc2ccc(OC)cc2)c(N(CC=O)C(=O)CNCc2ccccn2)c1. The summed E-state index contributed by atoms with van der Waals surface area (Å²) in [5.74, 6) is 0.0720. The molecule has 0 saturated carbocycles. The van der Waals surface area contributed by atoms with Gasteiger partial charge in [-0.25, -0.2) is 0 Å². The number of ether oxygens (including phenoxy) is 2. The molecule has 10 heteroatoms. The minimum Gasteiger partial charge on any atom is -0.497 e. The summed E-state index contributed by atoms with van der Waals surface area (Å²) in [6.45, 7) is 6.00. The summed E-state index contributed by atoms with van der Waals surface area (Å²) in [5.41, 5.74) is 3.54. The number of aldehydes is 1. The number of pyridine rings is 1. The molecule has 3 rings (SSSR count). The summed E-state index contributed by atoms with van der Waals surface area (Å²) in [4.78, 5) is 45.6. The van der Waals surface area contributed by atoms with Gasteiger partial charge in [0.1, 0.15) is 12.0 Å². The third-order valence-electron chi connectivity index (χ3n) is 6.39. The number of hydrogen-bond acceptors (Lipinski definition) is 8. The summed E-state index contributed by atoms with van der Waals surface area (Å²) in [6.07, 6.45) is 5.79. The average Bonchev–Trinajstić information content (AvgIpc) is 3.01. The van der Waals surface area contributed by atoms with Crippen LogP contribution in [0.5, 0.6) is 5.75 Å². The van der Waals surface area contributed by atoms with Gasteiger partial charge < -0.3 is 34.7 Å². The minimum atomic E-state index is -0.478. The first kappa shape index (κ1) is 31.6. The van der Waals surface area contributed by atoms with Gasteiger partial charge in [0.05, 0.1) is 43.5 Å². The predicted molar refractivity (Wildman–Crippen MR) is 164 cm³/mol. The van der Waals surface area contributed by atoms with Gasteiger partial charge in [0.25, 0.3) is 5.91 Å². The van der Waals surface area contributed by atoms with Crippen LogP contribution < -0.4 is 25.2 Å². The van der Waals surface area contributed by atoms with Crippen LogP contribution in [-0.2, 0) is 32.1 Å². The number of likely N-dealkylation sites (N-methyl/N-ethyl adjacent to an activating group) is 1. The van der Waals surface area contributed by atoms with Crippen molar-refractivity contribution in [3.8, 4) is 5.75 Å². The molecule has 0 bridgehead atoms. The Balaban J connectivity index is 1.87. The molecule has 0 radical (unpaired) electrons. The zero-order valence-electron chi connectivity index (χ0n) is 24.2. The smallest absolute Gasteiger partial charge is 0.290 e. The third kappa shape index (κ3) is 9.03. The highest BCUT2D eigenvalue weighted by atomic mass is 16.5. The second-order valence-corrected chi connectivity index (χ2v) is 9.21. The highest BCUT2D eigenvalue weighted by molar-refractivity contribution is 6.04. The van der Waals surface area contributed by atoms with Crippen molar-refractivity contribution < 1.29 is 23.9 Å². The Hall–Kier alpha value is -4.96. The number of carbonyl (C=O) groups excluding carboxylic acids is 3. The van der Waals surface area contributed by atoms with Crippen molar-refractivity contribution in [2.45, 2.75) is 19.9 Å². The van der Waals surface area contributed by atoms with E-state index in [1.54, 1.807) is 32.4 Å². The van der Waals surface area contributed by atoms with Crippen molar-refractivity contribution in [1.82, 2.24) is 10.3 Å². The van der Waals surface area contributed by atoms with Crippen molar-refractivity contribution >= 4 is 35.2 Å². The van der Waals surface area contributed by atoms with E-state index < -0.39 is 5.91 Å². The van der Waals surface area contributed by atoms with Gasteiger partial charge in [0.15, 0.2) is 5.76 Å². The fourth-order valence-electron chi connectivity index (χ4n) is 4.19. The quantitative estimate of drug-likeness (QED) is 0.150. The summed E-state index contributed by atoms with van der Waals surface area (Å²) in [5, 5.41) is 5.89. The van der Waals surface area contributed by atoms with Crippen molar-refractivity contribution in [3.63, 3.8) is 0 Å². The third-order valence-corrected chi connectivity index (χ3v) is 6.39. The molecule has 0 atom stereocenters. The van der Waals surface area contributed by atoms with Crippen molar-refractivity contribution in [1.29, 1.82) is 0 Å². The molecule has 0 aliphatic rings. The van der Waals surface area contributed by atoms with E-state index in [1.165, 1.54) is 17.2 Å². The second kappa shape index (κ2) is 16.3. The molecule has 2 N–H and O–H groups in total. The number of allylic oxidation sites excluding steroid dienone is 1. The number of benzene rings is 2. The molecule has 1 heterocycles. The Morgan fingerprint density at radius 1 is 1.07 bits per heavy atom. The van der Waals surface area contributed by atoms with Gasteiger partial charge in [-0.1, -0.05) is 24.8 Å². The standard InChI is InChI=1S/C32H37N5O5/c1-5-30(42-6-2)32(40)35-25-12-15-28(36(3)18-16-24-10-13-27(41-4)14-11-24)29(21-25)37(19-20-38)31(39)23-33-22-26-9-7-8-17-34-26/h5-15,17,20-21,33H,2,16,18-19,22-23H2,1,3-4H3,(H,35,40)/b30-5-. The van der Waals surface area contributed by atoms with Crippen LogP contribution in [0.15, 0.2) is 91.5 Å². The van der Waals surface area contributed by atoms with E-state index in [1.807, 2.05) is 60.5 Å². The zero-order valence-corrected chi connectivity index (χ0v) is 24.2. The Kier molecular flexibility index (Phi) is 12.3. The Morgan fingerprint density at radius 2 is 1.86 bits per heavy atom. The van der Waals surface area contributed by atoms with E-state index in [-0.39, 0.29) is 24.8 Å². The molecule has 1 aromatic heterocycles. The van der Waals surface area contributed by atoms with Crippen LogP contribution in [0.4, 0.5) is 17.1 Å². The first-order chi connectivity index (χ1) is 20.4.